The van der Waals surface area contributed by atoms with Gasteiger partial charge in [0, 0.05) is 19.6 Å². The monoisotopic (exact) mass is 413 g/mol. The van der Waals surface area contributed by atoms with Crippen molar-refractivity contribution in [3.05, 3.63) is 90.5 Å². The van der Waals surface area contributed by atoms with Crippen molar-refractivity contribution in [1.29, 1.82) is 0 Å². The Morgan fingerprint density at radius 2 is 1.38 bits per heavy atom. The maximum Gasteiger partial charge on any atom is 0.119 e. The second-order valence-corrected chi connectivity index (χ2v) is 6.80. The molecule has 154 valence electrons. The number of ether oxygens (including phenoxy) is 1. The van der Waals surface area contributed by atoms with Crippen LogP contribution in [0.4, 0.5) is 0 Å². The Morgan fingerprint density at radius 1 is 0.793 bits per heavy atom. The first-order chi connectivity index (χ1) is 13.7. The first-order valence-corrected chi connectivity index (χ1v) is 9.58. The van der Waals surface area contributed by atoms with Gasteiger partial charge in [0.2, 0.25) is 0 Å². The molecule has 3 aromatic rings. The van der Waals surface area contributed by atoms with E-state index < -0.39 is 6.10 Å². The summed E-state index contributed by atoms with van der Waals surface area (Å²) in [6, 6.07) is 28.1. The molecule has 0 aliphatic carbocycles. The number of nitrogens with zero attached hydrogens (tertiary/aromatic N) is 1. The van der Waals surface area contributed by atoms with Gasteiger partial charge in [0.05, 0.1) is 6.61 Å². The minimum absolute atomic E-state index is 0. The Labute approximate surface area is 178 Å². The fourth-order valence-corrected chi connectivity index (χ4v) is 3.14. The summed E-state index contributed by atoms with van der Waals surface area (Å²) in [5.41, 5.74) is 3.45. The zero-order valence-electron chi connectivity index (χ0n) is 16.4. The fraction of sp³-hybridized carbons (Fsp3) is 0.250. The van der Waals surface area contributed by atoms with Gasteiger partial charge < -0.3 is 14.9 Å². The van der Waals surface area contributed by atoms with Gasteiger partial charge in [-0.1, -0.05) is 72.8 Å². The minimum atomic E-state index is -0.635. The summed E-state index contributed by atoms with van der Waals surface area (Å²) in [7, 11) is 0. The van der Waals surface area contributed by atoms with Crippen molar-refractivity contribution < 1.29 is 14.9 Å². The van der Waals surface area contributed by atoms with Crippen LogP contribution < -0.4 is 4.74 Å². The lowest BCUT2D eigenvalue weighted by molar-refractivity contribution is 0.0590. The van der Waals surface area contributed by atoms with E-state index in [0.717, 1.165) is 22.4 Å². The first kappa shape index (κ1) is 22.9. The standard InChI is InChI=1S/C24H27NO3.ClH/c26-16-15-25(17-20-7-3-1-4-8-20)18-23(27)19-28-24-13-11-22(12-14-24)21-9-5-2-6-10-21;/h1-14,23,26-27H,15-19H2;1H. The molecule has 0 aliphatic rings. The van der Waals surface area contributed by atoms with Crippen LogP contribution in [-0.2, 0) is 6.54 Å². The highest BCUT2D eigenvalue weighted by Crippen LogP contribution is 2.22. The molecule has 0 saturated carbocycles. The van der Waals surface area contributed by atoms with Crippen LogP contribution in [0.15, 0.2) is 84.9 Å². The van der Waals surface area contributed by atoms with E-state index in [1.165, 1.54) is 0 Å². The molecule has 0 radical (unpaired) electrons. The van der Waals surface area contributed by atoms with E-state index in [0.29, 0.717) is 19.6 Å². The van der Waals surface area contributed by atoms with Crippen molar-refractivity contribution in [3.8, 4) is 16.9 Å². The van der Waals surface area contributed by atoms with Gasteiger partial charge in [0.25, 0.3) is 0 Å². The minimum Gasteiger partial charge on any atom is -0.491 e. The van der Waals surface area contributed by atoms with E-state index in [9.17, 15) is 10.2 Å². The number of halogens is 1. The van der Waals surface area contributed by atoms with E-state index in [-0.39, 0.29) is 25.6 Å². The number of benzene rings is 3. The average Bonchev–Trinajstić information content (AvgIpc) is 2.74. The molecule has 1 unspecified atom stereocenters. The Morgan fingerprint density at radius 3 is 2.00 bits per heavy atom. The number of hydrogen-bond acceptors (Lipinski definition) is 4. The summed E-state index contributed by atoms with van der Waals surface area (Å²) in [5.74, 6) is 0.732. The van der Waals surface area contributed by atoms with Crippen molar-refractivity contribution in [1.82, 2.24) is 4.90 Å². The van der Waals surface area contributed by atoms with Gasteiger partial charge in [-0.25, -0.2) is 0 Å². The van der Waals surface area contributed by atoms with Gasteiger partial charge in [0.15, 0.2) is 0 Å². The molecule has 0 aliphatic heterocycles. The van der Waals surface area contributed by atoms with Crippen molar-refractivity contribution in [2.24, 2.45) is 0 Å². The SMILES string of the molecule is Cl.OCCN(Cc1ccccc1)CC(O)COc1ccc(-c2ccccc2)cc1. The molecular weight excluding hydrogens is 386 g/mol. The van der Waals surface area contributed by atoms with E-state index in [1.807, 2.05) is 77.7 Å². The van der Waals surface area contributed by atoms with Crippen LogP contribution in [0.25, 0.3) is 11.1 Å². The molecule has 5 heteroatoms. The normalized spacial score (nSPS) is 11.7. The largest absolute Gasteiger partial charge is 0.491 e. The molecule has 0 amide bonds. The molecule has 0 spiro atoms. The Balaban J connectivity index is 0.00000300. The van der Waals surface area contributed by atoms with Gasteiger partial charge in [-0.3, -0.25) is 4.90 Å². The van der Waals surface area contributed by atoms with Crippen LogP contribution in [0.3, 0.4) is 0 Å². The van der Waals surface area contributed by atoms with Crippen LogP contribution in [-0.4, -0.2) is 47.5 Å². The Hall–Kier alpha value is -2.37. The summed E-state index contributed by atoms with van der Waals surface area (Å²) in [6.45, 7) is 1.91. The Kier molecular flexibility index (Phi) is 9.68. The molecule has 29 heavy (non-hydrogen) atoms. The highest BCUT2D eigenvalue weighted by atomic mass is 35.5. The third-order valence-corrected chi connectivity index (χ3v) is 4.54. The quantitative estimate of drug-likeness (QED) is 0.527. The summed E-state index contributed by atoms with van der Waals surface area (Å²) in [5, 5.41) is 19.7. The molecule has 0 aromatic heterocycles. The van der Waals surface area contributed by atoms with Crippen LogP contribution in [0, 0.1) is 0 Å². The van der Waals surface area contributed by atoms with Crippen LogP contribution >= 0.6 is 12.4 Å². The van der Waals surface area contributed by atoms with Crippen molar-refractivity contribution in [2.75, 3.05) is 26.3 Å². The predicted octanol–water partition coefficient (Wildman–Crippen LogP) is 4.01. The zero-order valence-corrected chi connectivity index (χ0v) is 17.2. The number of rotatable bonds is 10. The summed E-state index contributed by atoms with van der Waals surface area (Å²) >= 11 is 0. The molecule has 1 atom stereocenters. The van der Waals surface area contributed by atoms with Crippen LogP contribution in [0.5, 0.6) is 5.75 Å². The third kappa shape index (κ3) is 7.52. The summed E-state index contributed by atoms with van der Waals surface area (Å²) in [4.78, 5) is 2.03. The highest BCUT2D eigenvalue weighted by molar-refractivity contribution is 5.85. The molecule has 2 N–H and O–H groups in total. The van der Waals surface area contributed by atoms with E-state index in [2.05, 4.69) is 12.1 Å². The van der Waals surface area contributed by atoms with Crippen molar-refractivity contribution in [3.63, 3.8) is 0 Å². The maximum atomic E-state index is 10.4. The van der Waals surface area contributed by atoms with Crippen LogP contribution in [0.1, 0.15) is 5.56 Å². The molecule has 0 saturated heterocycles. The lowest BCUT2D eigenvalue weighted by Gasteiger charge is -2.24. The highest BCUT2D eigenvalue weighted by Gasteiger charge is 2.13. The topological polar surface area (TPSA) is 52.9 Å². The van der Waals surface area contributed by atoms with Gasteiger partial charge in [-0.05, 0) is 28.8 Å². The second-order valence-electron chi connectivity index (χ2n) is 6.80. The summed E-state index contributed by atoms with van der Waals surface area (Å²) in [6.07, 6.45) is -0.635. The summed E-state index contributed by atoms with van der Waals surface area (Å²) < 4.78 is 5.75. The first-order valence-electron chi connectivity index (χ1n) is 9.58. The van der Waals surface area contributed by atoms with Crippen molar-refractivity contribution in [2.45, 2.75) is 12.6 Å². The molecule has 3 rings (SSSR count). The lowest BCUT2D eigenvalue weighted by Crippen LogP contribution is -2.37. The smallest absolute Gasteiger partial charge is 0.119 e. The third-order valence-electron chi connectivity index (χ3n) is 4.54. The molecule has 0 heterocycles. The number of hydrogen-bond donors (Lipinski definition) is 2. The van der Waals surface area contributed by atoms with E-state index in [1.54, 1.807) is 0 Å². The fourth-order valence-electron chi connectivity index (χ4n) is 3.14. The second kappa shape index (κ2) is 12.2. The molecule has 0 fully saturated rings. The van der Waals surface area contributed by atoms with Gasteiger partial charge in [-0.15, -0.1) is 12.4 Å². The predicted molar refractivity (Wildman–Crippen MR) is 119 cm³/mol. The molecule has 0 bridgehead atoms. The van der Waals surface area contributed by atoms with E-state index >= 15 is 0 Å². The average molecular weight is 414 g/mol. The zero-order chi connectivity index (χ0) is 19.6. The van der Waals surface area contributed by atoms with Gasteiger partial charge >= 0.3 is 0 Å². The lowest BCUT2D eigenvalue weighted by atomic mass is 10.1. The molecule has 4 nitrogen and oxygen atoms in total. The van der Waals surface area contributed by atoms with Gasteiger partial charge in [0.1, 0.15) is 18.5 Å². The van der Waals surface area contributed by atoms with Crippen molar-refractivity contribution >= 4 is 12.4 Å². The Bertz CT molecular complexity index is 813. The maximum absolute atomic E-state index is 10.4. The van der Waals surface area contributed by atoms with Crippen LogP contribution in [0.2, 0.25) is 0 Å². The molecule has 3 aromatic carbocycles. The number of aliphatic hydroxyl groups excluding tert-OH is 2. The number of aliphatic hydroxyl groups is 2. The molecular formula is C24H28ClNO3. The van der Waals surface area contributed by atoms with Gasteiger partial charge in [-0.2, -0.15) is 0 Å². The van der Waals surface area contributed by atoms with E-state index in [4.69, 9.17) is 4.74 Å².